The van der Waals surface area contributed by atoms with E-state index in [0.717, 1.165) is 30.2 Å². The molecule has 36 heavy (non-hydrogen) atoms. The van der Waals surface area contributed by atoms with E-state index in [2.05, 4.69) is 11.7 Å². The molecule has 7 heteroatoms. The van der Waals surface area contributed by atoms with Gasteiger partial charge in [-0.3, -0.25) is 0 Å². The Morgan fingerprint density at radius 1 is 0.917 bits per heavy atom. The van der Waals surface area contributed by atoms with Crippen LogP contribution in [0.5, 0.6) is 5.75 Å². The molecule has 0 spiro atoms. The van der Waals surface area contributed by atoms with Gasteiger partial charge in [0.1, 0.15) is 5.82 Å². The molecular weight excluding hydrogens is 478 g/mol. The molecular formula is C29H32F6O. The lowest BCUT2D eigenvalue weighted by molar-refractivity contribution is -0.276. The van der Waals surface area contributed by atoms with Gasteiger partial charge in [0.25, 0.3) is 0 Å². The third-order valence-corrected chi connectivity index (χ3v) is 7.69. The van der Waals surface area contributed by atoms with E-state index in [1.54, 1.807) is 6.07 Å². The molecule has 0 bridgehead atoms. The summed E-state index contributed by atoms with van der Waals surface area (Å²) in [6.07, 6.45) is 9.12. The number of ether oxygens (including phenoxy) is 1. The van der Waals surface area contributed by atoms with Gasteiger partial charge in [-0.15, -0.1) is 13.2 Å². The zero-order chi connectivity index (χ0) is 25.9. The minimum atomic E-state index is -5.24. The van der Waals surface area contributed by atoms with Crippen molar-refractivity contribution in [2.75, 3.05) is 0 Å². The summed E-state index contributed by atoms with van der Waals surface area (Å²) in [5.41, 5.74) is 2.36. The molecule has 2 aromatic rings. The summed E-state index contributed by atoms with van der Waals surface area (Å²) >= 11 is 0. The van der Waals surface area contributed by atoms with Crippen molar-refractivity contribution in [2.24, 2.45) is 11.8 Å². The molecule has 0 aromatic heterocycles. The molecule has 0 aliphatic heterocycles. The highest BCUT2D eigenvalue weighted by atomic mass is 19.4. The van der Waals surface area contributed by atoms with Crippen molar-refractivity contribution in [2.45, 2.75) is 83.9 Å². The molecule has 0 atom stereocenters. The van der Waals surface area contributed by atoms with E-state index in [1.807, 2.05) is 6.08 Å². The predicted molar refractivity (Wildman–Crippen MR) is 128 cm³/mol. The van der Waals surface area contributed by atoms with Gasteiger partial charge in [0.15, 0.2) is 11.6 Å². The number of hydrogen-bond acceptors (Lipinski definition) is 1. The van der Waals surface area contributed by atoms with Crippen LogP contribution in [0.1, 0.15) is 75.8 Å². The van der Waals surface area contributed by atoms with Crippen LogP contribution in [0.25, 0.3) is 11.1 Å². The third kappa shape index (κ3) is 6.46. The van der Waals surface area contributed by atoms with Gasteiger partial charge in [-0.1, -0.05) is 75.7 Å². The van der Waals surface area contributed by atoms with Crippen molar-refractivity contribution < 1.29 is 31.1 Å². The van der Waals surface area contributed by atoms with Crippen molar-refractivity contribution in [3.05, 3.63) is 64.5 Å². The van der Waals surface area contributed by atoms with Crippen molar-refractivity contribution in [3.63, 3.8) is 0 Å². The van der Waals surface area contributed by atoms with Gasteiger partial charge in [0.2, 0.25) is 5.75 Å². The molecule has 1 fully saturated rings. The zero-order valence-corrected chi connectivity index (χ0v) is 20.5. The molecule has 4 rings (SSSR count). The van der Waals surface area contributed by atoms with Crippen molar-refractivity contribution in [3.8, 4) is 16.9 Å². The normalized spacial score (nSPS) is 20.1. The number of allylic oxidation sites excluding steroid dienone is 2. The number of halogens is 6. The van der Waals surface area contributed by atoms with E-state index in [0.29, 0.717) is 30.5 Å². The number of fused-ring (bicyclic) bond motifs is 1. The highest BCUT2D eigenvalue weighted by Gasteiger charge is 2.34. The van der Waals surface area contributed by atoms with E-state index in [9.17, 15) is 22.0 Å². The van der Waals surface area contributed by atoms with Gasteiger partial charge in [0, 0.05) is 5.56 Å². The Labute approximate surface area is 208 Å². The average Bonchev–Trinajstić information content (AvgIpc) is 2.84. The lowest BCUT2D eigenvalue weighted by atomic mass is 9.77. The highest BCUT2D eigenvalue weighted by Crippen LogP contribution is 2.38. The van der Waals surface area contributed by atoms with Crippen LogP contribution in [0.4, 0.5) is 26.3 Å². The Hall–Kier alpha value is -2.44. The number of hydrogen-bond donors (Lipinski definition) is 0. The van der Waals surface area contributed by atoms with E-state index in [1.165, 1.54) is 56.6 Å². The quantitative estimate of drug-likeness (QED) is 0.254. The van der Waals surface area contributed by atoms with Crippen LogP contribution >= 0.6 is 0 Å². The van der Waals surface area contributed by atoms with Crippen LogP contribution in [-0.2, 0) is 12.8 Å². The second kappa shape index (κ2) is 11.3. The monoisotopic (exact) mass is 510 g/mol. The molecule has 0 amide bonds. The molecule has 2 aliphatic rings. The summed E-state index contributed by atoms with van der Waals surface area (Å²) < 4.78 is 84.3. The first-order valence-electron chi connectivity index (χ1n) is 12.9. The van der Waals surface area contributed by atoms with E-state index in [-0.39, 0.29) is 11.1 Å². The molecule has 2 aromatic carbocycles. The Morgan fingerprint density at radius 3 is 2.17 bits per heavy atom. The van der Waals surface area contributed by atoms with Crippen molar-refractivity contribution in [1.82, 2.24) is 0 Å². The third-order valence-electron chi connectivity index (χ3n) is 7.69. The molecule has 0 saturated heterocycles. The van der Waals surface area contributed by atoms with Gasteiger partial charge in [-0.25, -0.2) is 13.2 Å². The number of benzene rings is 2. The largest absolute Gasteiger partial charge is 0.573 e. The summed E-state index contributed by atoms with van der Waals surface area (Å²) in [5.74, 6) is -3.60. The second-order valence-corrected chi connectivity index (χ2v) is 10.2. The standard InChI is InChI=1S/C29H32F6O/c1-2-3-4-18-5-7-19(8-6-18)9-10-20-11-13-23-21(15-20)12-14-24(27(23)32)22-16-25(30)28(26(31)17-22)36-29(33,34)35/h11-12,14,16-19H,2-10,13,15H2,1H3. The number of alkyl halides is 3. The molecule has 1 saturated carbocycles. The fraction of sp³-hybridized carbons (Fsp3) is 0.517. The van der Waals surface area contributed by atoms with Crippen molar-refractivity contribution >= 4 is 0 Å². The van der Waals surface area contributed by atoms with Gasteiger partial charge >= 0.3 is 6.36 Å². The Balaban J connectivity index is 1.40. The van der Waals surface area contributed by atoms with Crippen LogP contribution in [0.2, 0.25) is 0 Å². The molecule has 1 nitrogen and oxygen atoms in total. The molecule has 196 valence electrons. The van der Waals surface area contributed by atoms with E-state index in [4.69, 9.17) is 0 Å². The van der Waals surface area contributed by atoms with Gasteiger partial charge in [-0.2, -0.15) is 0 Å². The fourth-order valence-electron chi connectivity index (χ4n) is 5.64. The summed E-state index contributed by atoms with van der Waals surface area (Å²) in [7, 11) is 0. The topological polar surface area (TPSA) is 9.23 Å². The van der Waals surface area contributed by atoms with Crippen LogP contribution < -0.4 is 4.74 Å². The van der Waals surface area contributed by atoms with Crippen LogP contribution in [0.3, 0.4) is 0 Å². The summed E-state index contributed by atoms with van der Waals surface area (Å²) in [6, 6.07) is 4.51. The Morgan fingerprint density at radius 2 is 1.56 bits per heavy atom. The fourth-order valence-corrected chi connectivity index (χ4v) is 5.64. The van der Waals surface area contributed by atoms with Crippen molar-refractivity contribution in [1.29, 1.82) is 0 Å². The van der Waals surface area contributed by atoms with Crippen LogP contribution in [0, 0.1) is 29.3 Å². The van der Waals surface area contributed by atoms with Gasteiger partial charge in [0.05, 0.1) is 0 Å². The maximum atomic E-state index is 15.3. The molecule has 0 N–H and O–H groups in total. The summed E-state index contributed by atoms with van der Waals surface area (Å²) in [6.45, 7) is 2.24. The Bertz CT molecular complexity index is 1070. The average molecular weight is 511 g/mol. The molecule has 0 heterocycles. The van der Waals surface area contributed by atoms with E-state index >= 15 is 4.39 Å². The number of unbranched alkanes of at least 4 members (excludes halogenated alkanes) is 1. The highest BCUT2D eigenvalue weighted by molar-refractivity contribution is 5.67. The molecule has 0 unspecified atom stereocenters. The first kappa shape index (κ1) is 26.6. The zero-order valence-electron chi connectivity index (χ0n) is 20.5. The maximum absolute atomic E-state index is 15.3. The second-order valence-electron chi connectivity index (χ2n) is 10.2. The lowest BCUT2D eigenvalue weighted by Crippen LogP contribution is -2.19. The SMILES string of the molecule is CCCCC1CCC(CCC2=CCc3c(ccc(-c4cc(F)c(OC(F)(F)F)c(F)c4)c3F)C2)CC1. The Kier molecular flexibility index (Phi) is 8.36. The molecule has 2 aliphatic carbocycles. The van der Waals surface area contributed by atoms with Gasteiger partial charge < -0.3 is 4.74 Å². The van der Waals surface area contributed by atoms with E-state index < -0.39 is 29.6 Å². The summed E-state index contributed by atoms with van der Waals surface area (Å²) in [5, 5.41) is 0. The first-order valence-corrected chi connectivity index (χ1v) is 12.9. The van der Waals surface area contributed by atoms with Crippen LogP contribution in [-0.4, -0.2) is 6.36 Å². The minimum absolute atomic E-state index is 0.0539. The minimum Gasteiger partial charge on any atom is -0.399 e. The maximum Gasteiger partial charge on any atom is 0.573 e. The smallest absolute Gasteiger partial charge is 0.399 e. The van der Waals surface area contributed by atoms with Crippen LogP contribution in [0.15, 0.2) is 35.9 Å². The number of rotatable bonds is 8. The predicted octanol–water partition coefficient (Wildman–Crippen LogP) is 9.47. The molecule has 0 radical (unpaired) electrons. The first-order chi connectivity index (χ1) is 17.1. The lowest BCUT2D eigenvalue weighted by Gasteiger charge is -2.29. The van der Waals surface area contributed by atoms with Gasteiger partial charge in [-0.05, 0) is 66.3 Å². The summed E-state index contributed by atoms with van der Waals surface area (Å²) in [4.78, 5) is 0.